The zero-order valence-electron chi connectivity index (χ0n) is 45.8. The molecule has 0 radical (unpaired) electrons. The van der Waals surface area contributed by atoms with Crippen molar-refractivity contribution < 1.29 is 51.5 Å². The molecule has 8 amide bonds. The van der Waals surface area contributed by atoms with E-state index in [0.717, 1.165) is 40.7 Å². The van der Waals surface area contributed by atoms with Gasteiger partial charge in [0.25, 0.3) is 0 Å². The summed E-state index contributed by atoms with van der Waals surface area (Å²) in [4.78, 5) is 129. The lowest BCUT2D eigenvalue weighted by molar-refractivity contribution is -0.138. The van der Waals surface area contributed by atoms with E-state index in [0.29, 0.717) is 42.8 Å². The fraction of sp³-hybridized carbons (Fsp3) is 0.404. The van der Waals surface area contributed by atoms with Crippen molar-refractivity contribution in [3.05, 3.63) is 144 Å². The smallest absolute Gasteiger partial charge is 0.368 e. The van der Waals surface area contributed by atoms with Gasteiger partial charge in [0.15, 0.2) is 0 Å². The topological polar surface area (TPSA) is 323 Å². The molecule has 4 heterocycles. The summed E-state index contributed by atoms with van der Waals surface area (Å²) in [7, 11) is 0. The van der Waals surface area contributed by atoms with Gasteiger partial charge >= 0.3 is 6.18 Å². The summed E-state index contributed by atoms with van der Waals surface area (Å²) < 4.78 is 39.7. The number of amides is 8. The van der Waals surface area contributed by atoms with Crippen LogP contribution in [0.15, 0.2) is 110 Å². The zero-order valence-corrected chi connectivity index (χ0v) is 45.8. The molecule has 0 aliphatic carbocycles. The summed E-state index contributed by atoms with van der Waals surface area (Å²) in [6.45, 7) is 6.81. The van der Waals surface area contributed by atoms with Crippen molar-refractivity contribution in [1.82, 2.24) is 67.0 Å². The Labute approximate surface area is 470 Å². The molecule has 25 heteroatoms. The molecule has 0 saturated carbocycles. The second-order valence-electron chi connectivity index (χ2n) is 20.8. The van der Waals surface area contributed by atoms with E-state index in [-0.39, 0.29) is 49.7 Å². The van der Waals surface area contributed by atoms with Crippen LogP contribution in [0.4, 0.5) is 13.2 Å². The SMILES string of the molecule is CC(C)[C@H](NC(=O)[C@H](C)NC(=O)[C@H](Cc1c[nH]c2ccccc12)NC(=O)[C@H](Cc1cnc[nH]1)NC(=O)Cc1ccc(C(F)(F)F)cc1)C(=O)N[C@H](C)C(=O)N[C@@H](Cc1cnc[nH]1)C(=O)N1CCC[C@@H]1CN[C@@H](Cc1ccccc1)C(N)=O. The van der Waals surface area contributed by atoms with Crippen LogP contribution in [0, 0.1) is 5.92 Å². The van der Waals surface area contributed by atoms with Crippen molar-refractivity contribution in [2.24, 2.45) is 11.7 Å². The number of halogens is 3. The number of nitrogens with one attached hydrogen (secondary N) is 10. The lowest BCUT2D eigenvalue weighted by atomic mass is 10.0. The first-order chi connectivity index (χ1) is 39.1. The zero-order chi connectivity index (χ0) is 59.1. The van der Waals surface area contributed by atoms with Crippen LogP contribution < -0.4 is 43.0 Å². The molecule has 82 heavy (non-hydrogen) atoms. The number of fused-ring (bicyclic) bond motifs is 1. The van der Waals surface area contributed by atoms with E-state index >= 15 is 0 Å². The van der Waals surface area contributed by atoms with Gasteiger partial charge < -0.3 is 62.8 Å². The molecule has 8 atom stereocenters. The molecule has 7 rings (SSSR count). The number of H-pyrrole nitrogens is 3. The van der Waals surface area contributed by atoms with Crippen molar-refractivity contribution >= 4 is 58.2 Å². The number of alkyl halides is 3. The number of carbonyl (C=O) groups is 8. The highest BCUT2D eigenvalue weighted by molar-refractivity contribution is 5.97. The maximum Gasteiger partial charge on any atom is 0.416 e. The molecule has 12 N–H and O–H groups in total. The Bertz CT molecular complexity index is 3140. The average Bonchev–Trinajstić information content (AvgIpc) is 4.49. The van der Waals surface area contributed by atoms with Gasteiger partial charge in [-0.15, -0.1) is 0 Å². The number of hydrogen-bond acceptors (Lipinski definition) is 11. The monoisotopic (exact) mass is 1130 g/mol. The number of hydrogen-bond donors (Lipinski definition) is 11. The van der Waals surface area contributed by atoms with Gasteiger partial charge in [-0.2, -0.15) is 13.2 Å². The summed E-state index contributed by atoms with van der Waals surface area (Å²) in [5.41, 5.74) is 8.40. The molecule has 6 aromatic rings. The second kappa shape index (κ2) is 28.0. The minimum absolute atomic E-state index is 0.0391. The number of carbonyl (C=O) groups excluding carboxylic acids is 8. The number of para-hydroxylation sites is 1. The molecule has 436 valence electrons. The third-order valence-electron chi connectivity index (χ3n) is 14.2. The lowest BCUT2D eigenvalue weighted by Crippen LogP contribution is -2.60. The van der Waals surface area contributed by atoms with Gasteiger partial charge in [-0.1, -0.05) is 74.5 Å². The summed E-state index contributed by atoms with van der Waals surface area (Å²) in [6, 6.07) is 12.1. The van der Waals surface area contributed by atoms with Crippen LogP contribution in [-0.4, -0.2) is 139 Å². The van der Waals surface area contributed by atoms with Gasteiger partial charge in [-0.05, 0) is 73.9 Å². The Morgan fingerprint density at radius 2 is 1.22 bits per heavy atom. The molecule has 0 bridgehead atoms. The first-order valence-electron chi connectivity index (χ1n) is 27.0. The lowest BCUT2D eigenvalue weighted by Gasteiger charge is -2.31. The second-order valence-corrected chi connectivity index (χ2v) is 20.8. The molecule has 22 nitrogen and oxygen atoms in total. The summed E-state index contributed by atoms with van der Waals surface area (Å²) in [6.07, 6.45) is 3.98. The van der Waals surface area contributed by atoms with Gasteiger partial charge in [-0.25, -0.2) is 9.97 Å². The van der Waals surface area contributed by atoms with Crippen LogP contribution in [0.1, 0.15) is 74.2 Å². The maximum absolute atomic E-state index is 14.4. The number of nitrogens with two attached hydrogens (primary N) is 1. The van der Waals surface area contributed by atoms with Gasteiger partial charge in [-0.3, -0.25) is 38.4 Å². The van der Waals surface area contributed by atoms with Gasteiger partial charge in [0, 0.05) is 79.3 Å². The normalized spacial score (nSPS) is 16.0. The summed E-state index contributed by atoms with van der Waals surface area (Å²) >= 11 is 0. The largest absolute Gasteiger partial charge is 0.416 e. The van der Waals surface area contributed by atoms with Crippen molar-refractivity contribution in [1.29, 1.82) is 0 Å². The molecule has 1 aliphatic rings. The fourth-order valence-corrected chi connectivity index (χ4v) is 9.68. The van der Waals surface area contributed by atoms with Gasteiger partial charge in [0.1, 0.15) is 36.3 Å². The molecule has 3 aromatic heterocycles. The molecule has 3 aromatic carbocycles. The van der Waals surface area contributed by atoms with E-state index in [1.54, 1.807) is 31.0 Å². The van der Waals surface area contributed by atoms with E-state index in [4.69, 9.17) is 5.73 Å². The molecule has 0 unspecified atom stereocenters. The number of aromatic amines is 3. The Balaban J connectivity index is 0.991. The molecule has 0 spiro atoms. The molecular formula is C57H69F3N14O8. The first kappa shape index (κ1) is 60.8. The van der Waals surface area contributed by atoms with Crippen molar-refractivity contribution in [3.63, 3.8) is 0 Å². The molecule has 1 fully saturated rings. The minimum atomic E-state index is -4.58. The Kier molecular flexibility index (Phi) is 20.8. The van der Waals surface area contributed by atoms with Crippen molar-refractivity contribution in [2.75, 3.05) is 13.1 Å². The molecule has 1 saturated heterocycles. The highest BCUT2D eigenvalue weighted by atomic mass is 19.4. The number of likely N-dealkylation sites (tertiary alicyclic amines) is 1. The standard InChI is InChI=1S/C57H69F3N14O8/c1-32(2)49(55(81)69-33(3)51(77)72-47(25-40-28-63-31-67-40)56(82)74-20-10-13-41(74)29-65-44(50(61)76)21-35-11-6-5-7-12-35)73-52(78)34(4)68-53(79)45(23-37-26-64-43-15-9-8-14-42(37)43)71-54(80)46(24-39-27-62-30-66-39)70-48(75)22-36-16-18-38(19-17-36)57(58,59)60/h5-9,11-12,14-19,26-28,30-34,41,44-47,49,64-65H,10,13,20-25,29H2,1-4H3,(H2,61,76)(H,62,66)(H,63,67)(H,68,79)(H,69,81)(H,70,75)(H,71,80)(H,72,77)(H,73,78)/t33-,34+,41-,44+,45+,46+,47+,49+/m1/s1. The Morgan fingerprint density at radius 1 is 0.634 bits per heavy atom. The Hall–Kier alpha value is -8.87. The van der Waals surface area contributed by atoms with Crippen molar-refractivity contribution in [3.8, 4) is 0 Å². The quantitative estimate of drug-likeness (QED) is 0.0355. The van der Waals surface area contributed by atoms with Gasteiger partial charge in [0.2, 0.25) is 47.3 Å². The van der Waals surface area contributed by atoms with Crippen LogP contribution in [0.5, 0.6) is 0 Å². The molecular weight excluding hydrogens is 1070 g/mol. The highest BCUT2D eigenvalue weighted by Gasteiger charge is 2.37. The summed E-state index contributed by atoms with van der Waals surface area (Å²) in [5.74, 6) is -5.99. The third-order valence-corrected chi connectivity index (χ3v) is 14.2. The van der Waals surface area contributed by atoms with Crippen LogP contribution in [0.3, 0.4) is 0 Å². The van der Waals surface area contributed by atoms with Crippen LogP contribution in [0.25, 0.3) is 10.9 Å². The van der Waals surface area contributed by atoms with E-state index < -0.39 is 101 Å². The number of rotatable bonds is 27. The number of nitrogens with zero attached hydrogens (tertiary/aromatic N) is 3. The average molecular weight is 1140 g/mol. The predicted octanol–water partition coefficient (Wildman–Crippen LogP) is 2.19. The van der Waals surface area contributed by atoms with E-state index in [2.05, 4.69) is 62.1 Å². The Morgan fingerprint density at radius 3 is 1.84 bits per heavy atom. The number of primary amides is 1. The third kappa shape index (κ3) is 16.8. The van der Waals surface area contributed by atoms with E-state index in [1.165, 1.54) is 38.9 Å². The number of benzene rings is 3. The van der Waals surface area contributed by atoms with Crippen LogP contribution in [-0.2, 0) is 76.6 Å². The predicted molar refractivity (Wildman–Crippen MR) is 295 cm³/mol. The van der Waals surface area contributed by atoms with E-state index in [1.807, 2.05) is 48.5 Å². The molecule has 1 aliphatic heterocycles. The van der Waals surface area contributed by atoms with Crippen molar-refractivity contribution in [2.45, 2.75) is 127 Å². The highest BCUT2D eigenvalue weighted by Crippen LogP contribution is 2.29. The number of aromatic nitrogens is 5. The van der Waals surface area contributed by atoms with E-state index in [9.17, 15) is 51.5 Å². The summed E-state index contributed by atoms with van der Waals surface area (Å²) in [5, 5.41) is 20.1. The minimum Gasteiger partial charge on any atom is -0.368 e. The maximum atomic E-state index is 14.4. The van der Waals surface area contributed by atoms with Crippen LogP contribution in [0.2, 0.25) is 0 Å². The first-order valence-corrected chi connectivity index (χ1v) is 27.0. The van der Waals surface area contributed by atoms with Gasteiger partial charge in [0.05, 0.1) is 30.7 Å². The number of imidazole rings is 2. The van der Waals surface area contributed by atoms with Crippen LogP contribution >= 0.6 is 0 Å². The fourth-order valence-electron chi connectivity index (χ4n) is 9.68.